The van der Waals surface area contributed by atoms with E-state index in [2.05, 4.69) is 96.2 Å². The van der Waals surface area contributed by atoms with Crippen LogP contribution in [0.1, 0.15) is 0 Å². The fourth-order valence-corrected chi connectivity index (χ4v) is 5.66. The molecular weight excluding hydrogens is 648 g/mol. The maximum atomic E-state index is 5.99. The monoisotopic (exact) mass is 684 g/mol. The second kappa shape index (κ2) is 13.5. The maximum absolute atomic E-state index is 5.99. The molecule has 208 valence electrons. The fraction of sp³-hybridized carbons (Fsp3) is 0.500. The van der Waals surface area contributed by atoms with Crippen LogP contribution in [-0.4, -0.2) is 72.0 Å². The van der Waals surface area contributed by atoms with Crippen molar-refractivity contribution in [1.82, 2.24) is 29.2 Å². The molecular formula is C24H38Br2N8O2Si2. The van der Waals surface area contributed by atoms with Gasteiger partial charge in [-0.3, -0.25) is 0 Å². The minimum Gasteiger partial charge on any atom is -0.382 e. The average molecular weight is 687 g/mol. The Morgan fingerprint density at radius 1 is 0.763 bits per heavy atom. The minimum atomic E-state index is -1.11. The number of nitrogen functional groups attached to an aromatic ring is 1. The Kier molecular flexibility index (Phi) is 10.9. The number of aromatic nitrogens is 6. The first-order valence-electron chi connectivity index (χ1n) is 12.5. The summed E-state index contributed by atoms with van der Waals surface area (Å²) in [6.07, 6.45) is 3.00. The molecule has 10 nitrogen and oxygen atoms in total. The van der Waals surface area contributed by atoms with E-state index in [1.165, 1.54) is 6.33 Å². The predicted molar refractivity (Wildman–Crippen MR) is 166 cm³/mol. The van der Waals surface area contributed by atoms with E-state index in [1.807, 2.05) is 28.8 Å². The first-order chi connectivity index (χ1) is 17.9. The molecule has 4 rings (SSSR count). The van der Waals surface area contributed by atoms with Crippen molar-refractivity contribution in [2.75, 3.05) is 37.3 Å². The van der Waals surface area contributed by atoms with Gasteiger partial charge in [-0.15, -0.1) is 0 Å². The van der Waals surface area contributed by atoms with E-state index in [4.69, 9.17) is 15.2 Å². The molecule has 2 N–H and O–H groups in total. The van der Waals surface area contributed by atoms with Gasteiger partial charge in [0.05, 0.1) is 0 Å². The molecule has 0 radical (unpaired) electrons. The summed E-state index contributed by atoms with van der Waals surface area (Å²) in [5, 5.41) is 8.28. The molecule has 0 aliphatic heterocycles. The molecule has 0 aliphatic rings. The van der Waals surface area contributed by atoms with Gasteiger partial charge in [0.25, 0.3) is 0 Å². The van der Waals surface area contributed by atoms with E-state index in [1.54, 1.807) is 10.8 Å². The molecule has 4 aromatic heterocycles. The SMILES string of the molecule is C[Si](C)(C)CCOCN(COCC[Si](C)(C)C)c1ncnn2c(Br)ccc12.Nc1ncnn2c(Br)ccc12. The Hall–Kier alpha value is -1.85. The van der Waals surface area contributed by atoms with E-state index < -0.39 is 16.1 Å². The lowest BCUT2D eigenvalue weighted by atomic mass is 10.4. The van der Waals surface area contributed by atoms with Crippen LogP contribution in [0.4, 0.5) is 11.6 Å². The molecule has 4 heterocycles. The number of hydrogen-bond donors (Lipinski definition) is 1. The summed E-state index contributed by atoms with van der Waals surface area (Å²) in [6.45, 7) is 16.6. The Bertz CT molecular complexity index is 1300. The lowest BCUT2D eigenvalue weighted by Crippen LogP contribution is -2.32. The summed E-state index contributed by atoms with van der Waals surface area (Å²) < 4.78 is 17.3. The van der Waals surface area contributed by atoms with Crippen molar-refractivity contribution in [3.63, 3.8) is 0 Å². The third-order valence-corrected chi connectivity index (χ3v) is 10.2. The summed E-state index contributed by atoms with van der Waals surface area (Å²) in [4.78, 5) is 10.4. The highest BCUT2D eigenvalue weighted by Crippen LogP contribution is 2.23. The zero-order chi connectivity index (χ0) is 27.9. The number of ether oxygens (including phenoxy) is 2. The minimum absolute atomic E-state index is 0.465. The predicted octanol–water partition coefficient (Wildman–Crippen LogP) is 6.00. The molecule has 0 amide bonds. The van der Waals surface area contributed by atoms with Gasteiger partial charge in [0, 0.05) is 29.4 Å². The van der Waals surface area contributed by atoms with Gasteiger partial charge >= 0.3 is 0 Å². The zero-order valence-electron chi connectivity index (χ0n) is 23.0. The van der Waals surface area contributed by atoms with Crippen molar-refractivity contribution in [2.45, 2.75) is 51.4 Å². The second-order valence-electron chi connectivity index (χ2n) is 11.4. The molecule has 0 aromatic carbocycles. The fourth-order valence-electron chi connectivity index (χ4n) is 3.32. The van der Waals surface area contributed by atoms with Gasteiger partial charge in [0.15, 0.2) is 11.6 Å². The van der Waals surface area contributed by atoms with Crippen molar-refractivity contribution in [3.05, 3.63) is 46.1 Å². The lowest BCUT2D eigenvalue weighted by molar-refractivity contribution is 0.0948. The van der Waals surface area contributed by atoms with Crippen LogP contribution in [0.25, 0.3) is 11.0 Å². The number of hydrogen-bond acceptors (Lipinski definition) is 8. The standard InChI is InChI=1S/C18H33BrN4O2Si2.C6H5BrN4/c1-26(2,3)11-9-24-14-22(15-25-10-12-27(4,5)6)18-16-7-8-17(19)23(16)21-13-20-18;7-5-2-1-4-6(8)9-3-10-11(4)5/h7-8,13H,9-12,14-15H2,1-6H3;1-3H,(H2,8,9,10). The van der Waals surface area contributed by atoms with Crippen molar-refractivity contribution < 1.29 is 9.47 Å². The van der Waals surface area contributed by atoms with Crippen LogP contribution in [0.3, 0.4) is 0 Å². The first-order valence-corrected chi connectivity index (χ1v) is 21.5. The topological polar surface area (TPSA) is 108 Å². The number of rotatable bonds is 11. The molecule has 0 unspecified atom stereocenters. The molecule has 0 fully saturated rings. The van der Waals surface area contributed by atoms with Crippen LogP contribution in [0, 0.1) is 0 Å². The Morgan fingerprint density at radius 3 is 1.74 bits per heavy atom. The van der Waals surface area contributed by atoms with Gasteiger partial charge in [-0.1, -0.05) is 39.3 Å². The van der Waals surface area contributed by atoms with Gasteiger partial charge < -0.3 is 20.1 Å². The van der Waals surface area contributed by atoms with Gasteiger partial charge in [0.1, 0.15) is 46.4 Å². The highest BCUT2D eigenvalue weighted by molar-refractivity contribution is 9.10. The van der Waals surface area contributed by atoms with Crippen LogP contribution in [0.5, 0.6) is 0 Å². The molecule has 0 bridgehead atoms. The molecule has 0 saturated heterocycles. The van der Waals surface area contributed by atoms with Crippen molar-refractivity contribution in [1.29, 1.82) is 0 Å². The molecule has 14 heteroatoms. The number of nitrogens with zero attached hydrogens (tertiary/aromatic N) is 7. The third-order valence-electron chi connectivity index (χ3n) is 5.61. The lowest BCUT2D eigenvalue weighted by Gasteiger charge is -2.25. The van der Waals surface area contributed by atoms with E-state index in [9.17, 15) is 0 Å². The smallest absolute Gasteiger partial charge is 0.160 e. The molecule has 0 atom stereocenters. The van der Waals surface area contributed by atoms with Crippen LogP contribution in [-0.2, 0) is 9.47 Å². The van der Waals surface area contributed by atoms with E-state index in [-0.39, 0.29) is 0 Å². The van der Waals surface area contributed by atoms with Gasteiger partial charge in [-0.2, -0.15) is 10.2 Å². The van der Waals surface area contributed by atoms with E-state index >= 15 is 0 Å². The van der Waals surface area contributed by atoms with E-state index in [0.717, 1.165) is 51.4 Å². The summed E-state index contributed by atoms with van der Waals surface area (Å²) in [5.74, 6) is 1.32. The van der Waals surface area contributed by atoms with Crippen LogP contribution in [0.2, 0.25) is 51.4 Å². The van der Waals surface area contributed by atoms with E-state index in [0.29, 0.717) is 19.3 Å². The van der Waals surface area contributed by atoms with Gasteiger partial charge in [-0.05, 0) is 68.2 Å². The van der Waals surface area contributed by atoms with Crippen molar-refractivity contribution in [3.8, 4) is 0 Å². The highest BCUT2D eigenvalue weighted by Gasteiger charge is 2.18. The Balaban J connectivity index is 0.000000299. The number of nitrogens with two attached hydrogens (primary N) is 1. The maximum Gasteiger partial charge on any atom is 0.160 e. The Morgan fingerprint density at radius 2 is 1.24 bits per heavy atom. The first kappa shape index (κ1) is 30.7. The quantitative estimate of drug-likeness (QED) is 0.116. The van der Waals surface area contributed by atoms with Crippen LogP contribution in [0.15, 0.2) is 46.1 Å². The van der Waals surface area contributed by atoms with Crippen LogP contribution >= 0.6 is 31.9 Å². The normalized spacial score (nSPS) is 12.1. The number of halogens is 2. The number of fused-ring (bicyclic) bond motifs is 2. The summed E-state index contributed by atoms with van der Waals surface area (Å²) >= 11 is 6.84. The second-order valence-corrected chi connectivity index (χ2v) is 24.2. The van der Waals surface area contributed by atoms with Gasteiger partial charge in [0.2, 0.25) is 0 Å². The Labute approximate surface area is 243 Å². The third kappa shape index (κ3) is 9.12. The molecule has 38 heavy (non-hydrogen) atoms. The summed E-state index contributed by atoms with van der Waals surface area (Å²) in [7, 11) is -2.21. The molecule has 0 spiro atoms. The summed E-state index contributed by atoms with van der Waals surface area (Å²) in [5.41, 5.74) is 7.33. The van der Waals surface area contributed by atoms with Crippen molar-refractivity contribution in [2.24, 2.45) is 0 Å². The zero-order valence-corrected chi connectivity index (χ0v) is 28.2. The van der Waals surface area contributed by atoms with Gasteiger partial charge in [-0.25, -0.2) is 19.0 Å². The number of anilines is 2. The summed E-state index contributed by atoms with van der Waals surface area (Å²) in [6, 6.07) is 10.0. The molecule has 4 aromatic rings. The van der Waals surface area contributed by atoms with Crippen molar-refractivity contribution >= 4 is 70.7 Å². The highest BCUT2D eigenvalue weighted by atomic mass is 79.9. The molecule has 0 saturated carbocycles. The molecule has 0 aliphatic carbocycles. The van der Waals surface area contributed by atoms with Crippen LogP contribution < -0.4 is 10.6 Å². The largest absolute Gasteiger partial charge is 0.382 e. The average Bonchev–Trinajstić information content (AvgIpc) is 3.41.